The third-order valence-corrected chi connectivity index (χ3v) is 1.95. The van der Waals surface area contributed by atoms with Crippen LogP contribution in [0.2, 0.25) is 0 Å². The fourth-order valence-electron chi connectivity index (χ4n) is 1.18. The Kier molecular flexibility index (Phi) is 4.21. The maximum absolute atomic E-state index is 11.5. The molecule has 0 atom stereocenters. The zero-order valence-corrected chi connectivity index (χ0v) is 8.90. The zero-order valence-electron chi connectivity index (χ0n) is 8.90. The summed E-state index contributed by atoms with van der Waals surface area (Å²) in [5.41, 5.74) is 4.47. The van der Waals surface area contributed by atoms with Crippen molar-refractivity contribution in [1.82, 2.24) is 15.3 Å². The summed E-state index contributed by atoms with van der Waals surface area (Å²) in [6, 6.07) is 0. The second-order valence-corrected chi connectivity index (χ2v) is 3.26. The number of aromatic carboxylic acids is 1. The van der Waals surface area contributed by atoms with Crippen molar-refractivity contribution in [1.29, 1.82) is 0 Å². The standard InChI is InChI=1S/C9H12N4O4/c10-5(14)2-1-3-11-8(15)6-7(9(16)17)13-4-12-6/h4H,1-3H2,(H2,10,14)(H,11,15)(H,12,13)(H,16,17). The maximum atomic E-state index is 11.5. The number of nitrogens with one attached hydrogen (secondary N) is 2. The molecule has 0 aromatic carbocycles. The minimum absolute atomic E-state index is 0.159. The first-order valence-electron chi connectivity index (χ1n) is 4.85. The van der Waals surface area contributed by atoms with Crippen LogP contribution in [0.1, 0.15) is 33.8 Å². The number of nitrogens with zero attached hydrogens (tertiary/aromatic N) is 1. The number of carboxylic acid groups (broad SMARTS) is 1. The smallest absolute Gasteiger partial charge is 0.354 e. The quantitative estimate of drug-likeness (QED) is 0.477. The van der Waals surface area contributed by atoms with E-state index in [0.29, 0.717) is 6.42 Å². The minimum atomic E-state index is -1.26. The Hall–Kier alpha value is -2.38. The van der Waals surface area contributed by atoms with Gasteiger partial charge in [-0.05, 0) is 6.42 Å². The number of hydrogen-bond acceptors (Lipinski definition) is 4. The lowest BCUT2D eigenvalue weighted by Crippen LogP contribution is -2.27. The van der Waals surface area contributed by atoms with Gasteiger partial charge in [0.2, 0.25) is 5.91 Å². The van der Waals surface area contributed by atoms with E-state index in [-0.39, 0.29) is 24.4 Å². The Morgan fingerprint density at radius 2 is 2.18 bits per heavy atom. The SMILES string of the molecule is NC(=O)CCCNC(=O)c1nc[nH]c1C(=O)O. The van der Waals surface area contributed by atoms with Gasteiger partial charge in [0, 0.05) is 13.0 Å². The molecule has 0 saturated heterocycles. The molecule has 0 aliphatic carbocycles. The fraction of sp³-hybridized carbons (Fsp3) is 0.333. The Morgan fingerprint density at radius 3 is 2.76 bits per heavy atom. The molecular weight excluding hydrogens is 228 g/mol. The van der Waals surface area contributed by atoms with Crippen LogP contribution < -0.4 is 11.1 Å². The van der Waals surface area contributed by atoms with Crippen molar-refractivity contribution < 1.29 is 19.5 Å². The molecule has 2 amide bonds. The van der Waals surface area contributed by atoms with Crippen molar-refractivity contribution in [3.05, 3.63) is 17.7 Å². The summed E-state index contributed by atoms with van der Waals surface area (Å²) in [5.74, 6) is -2.32. The predicted molar refractivity (Wildman–Crippen MR) is 56.3 cm³/mol. The van der Waals surface area contributed by atoms with E-state index < -0.39 is 17.8 Å². The van der Waals surface area contributed by atoms with Gasteiger partial charge in [0.15, 0.2) is 11.4 Å². The number of rotatable bonds is 6. The van der Waals surface area contributed by atoms with Crippen molar-refractivity contribution >= 4 is 17.8 Å². The van der Waals surface area contributed by atoms with Crippen LogP contribution in [0.5, 0.6) is 0 Å². The zero-order chi connectivity index (χ0) is 12.8. The molecule has 5 N–H and O–H groups in total. The first kappa shape index (κ1) is 12.7. The lowest BCUT2D eigenvalue weighted by molar-refractivity contribution is -0.118. The Balaban J connectivity index is 2.50. The van der Waals surface area contributed by atoms with Gasteiger partial charge in [-0.1, -0.05) is 0 Å². The van der Waals surface area contributed by atoms with Gasteiger partial charge in [0.1, 0.15) is 0 Å². The molecular formula is C9H12N4O4. The highest BCUT2D eigenvalue weighted by molar-refractivity contribution is 6.02. The molecule has 0 unspecified atom stereocenters. The number of imidazole rings is 1. The third kappa shape index (κ3) is 3.59. The molecule has 1 aromatic heterocycles. The van der Waals surface area contributed by atoms with E-state index in [1.165, 1.54) is 0 Å². The number of hydrogen-bond donors (Lipinski definition) is 4. The highest BCUT2D eigenvalue weighted by atomic mass is 16.4. The number of carbonyl (C=O) groups excluding carboxylic acids is 2. The number of carbonyl (C=O) groups is 3. The summed E-state index contributed by atoms with van der Waals surface area (Å²) < 4.78 is 0. The number of carboxylic acids is 1. The predicted octanol–water partition coefficient (Wildman–Crippen LogP) is -0.897. The molecule has 1 rings (SSSR count). The van der Waals surface area contributed by atoms with Crippen LogP contribution >= 0.6 is 0 Å². The van der Waals surface area contributed by atoms with Gasteiger partial charge in [-0.3, -0.25) is 9.59 Å². The Labute approximate surface area is 96.2 Å². The minimum Gasteiger partial charge on any atom is -0.477 e. The molecule has 0 fully saturated rings. The van der Waals surface area contributed by atoms with Gasteiger partial charge >= 0.3 is 5.97 Å². The largest absolute Gasteiger partial charge is 0.477 e. The van der Waals surface area contributed by atoms with Crippen LogP contribution in [-0.4, -0.2) is 39.4 Å². The molecule has 8 nitrogen and oxygen atoms in total. The maximum Gasteiger partial charge on any atom is 0.354 e. The Morgan fingerprint density at radius 1 is 1.47 bits per heavy atom. The lowest BCUT2D eigenvalue weighted by atomic mass is 10.2. The van der Waals surface area contributed by atoms with E-state index in [1.807, 2.05) is 0 Å². The first-order chi connectivity index (χ1) is 8.02. The van der Waals surface area contributed by atoms with Crippen LogP contribution in [0.3, 0.4) is 0 Å². The van der Waals surface area contributed by atoms with Crippen molar-refractivity contribution in [2.45, 2.75) is 12.8 Å². The van der Waals surface area contributed by atoms with Gasteiger partial charge < -0.3 is 21.1 Å². The van der Waals surface area contributed by atoms with Gasteiger partial charge in [-0.25, -0.2) is 9.78 Å². The molecule has 0 aliphatic rings. The highest BCUT2D eigenvalue weighted by Gasteiger charge is 2.18. The molecule has 0 bridgehead atoms. The normalized spacial score (nSPS) is 9.88. The van der Waals surface area contributed by atoms with E-state index in [0.717, 1.165) is 6.33 Å². The molecule has 1 aromatic rings. The molecule has 0 spiro atoms. The average Bonchev–Trinajstić information content (AvgIpc) is 2.72. The Bertz CT molecular complexity index is 440. The molecule has 0 aliphatic heterocycles. The molecule has 0 saturated carbocycles. The van der Waals surface area contributed by atoms with Crippen LogP contribution in [0.15, 0.2) is 6.33 Å². The molecule has 1 heterocycles. The third-order valence-electron chi connectivity index (χ3n) is 1.95. The molecule has 17 heavy (non-hydrogen) atoms. The number of amides is 2. The summed E-state index contributed by atoms with van der Waals surface area (Å²) in [7, 11) is 0. The number of H-pyrrole nitrogens is 1. The summed E-state index contributed by atoms with van der Waals surface area (Å²) in [6.07, 6.45) is 1.68. The van der Waals surface area contributed by atoms with Crippen LogP contribution in [0, 0.1) is 0 Å². The van der Waals surface area contributed by atoms with E-state index in [1.54, 1.807) is 0 Å². The van der Waals surface area contributed by atoms with E-state index in [9.17, 15) is 14.4 Å². The van der Waals surface area contributed by atoms with Crippen LogP contribution in [-0.2, 0) is 4.79 Å². The fourth-order valence-corrected chi connectivity index (χ4v) is 1.18. The monoisotopic (exact) mass is 240 g/mol. The molecule has 92 valence electrons. The number of aromatic amines is 1. The van der Waals surface area contributed by atoms with Gasteiger partial charge in [-0.2, -0.15) is 0 Å². The van der Waals surface area contributed by atoms with Crippen LogP contribution in [0.4, 0.5) is 0 Å². The lowest BCUT2D eigenvalue weighted by Gasteiger charge is -2.02. The second-order valence-electron chi connectivity index (χ2n) is 3.26. The van der Waals surface area contributed by atoms with Gasteiger partial charge in [0.25, 0.3) is 5.91 Å². The molecule has 0 radical (unpaired) electrons. The number of nitrogens with two attached hydrogens (primary N) is 1. The van der Waals surface area contributed by atoms with Crippen molar-refractivity contribution in [3.8, 4) is 0 Å². The van der Waals surface area contributed by atoms with Gasteiger partial charge in [-0.15, -0.1) is 0 Å². The number of aromatic nitrogens is 2. The van der Waals surface area contributed by atoms with E-state index in [4.69, 9.17) is 10.8 Å². The summed E-state index contributed by atoms with van der Waals surface area (Å²) >= 11 is 0. The number of primary amides is 1. The van der Waals surface area contributed by atoms with E-state index >= 15 is 0 Å². The van der Waals surface area contributed by atoms with Gasteiger partial charge in [0.05, 0.1) is 6.33 Å². The second kappa shape index (κ2) is 5.64. The highest BCUT2D eigenvalue weighted by Crippen LogP contribution is 2.02. The van der Waals surface area contributed by atoms with Crippen molar-refractivity contribution in [2.75, 3.05) is 6.54 Å². The summed E-state index contributed by atoms with van der Waals surface area (Å²) in [5, 5.41) is 11.2. The molecule has 8 heteroatoms. The average molecular weight is 240 g/mol. The summed E-state index contributed by atoms with van der Waals surface area (Å²) in [4.78, 5) is 38.6. The van der Waals surface area contributed by atoms with Crippen LogP contribution in [0.25, 0.3) is 0 Å². The van der Waals surface area contributed by atoms with E-state index in [2.05, 4.69) is 15.3 Å². The first-order valence-corrected chi connectivity index (χ1v) is 4.85. The topological polar surface area (TPSA) is 138 Å². The summed E-state index contributed by atoms with van der Waals surface area (Å²) in [6.45, 7) is 0.230. The van der Waals surface area contributed by atoms with Crippen molar-refractivity contribution in [3.63, 3.8) is 0 Å². The van der Waals surface area contributed by atoms with Crippen molar-refractivity contribution in [2.24, 2.45) is 5.73 Å².